The van der Waals surface area contributed by atoms with Crippen LogP contribution in [0.4, 0.5) is 0 Å². The molecule has 0 bridgehead atoms. The summed E-state index contributed by atoms with van der Waals surface area (Å²) in [5.74, 6) is 1.09. The average molecular weight is 523 g/mol. The van der Waals surface area contributed by atoms with Crippen molar-refractivity contribution in [2.75, 3.05) is 32.7 Å². The summed E-state index contributed by atoms with van der Waals surface area (Å²) in [6, 6.07) is 10.4. The Kier molecular flexibility index (Phi) is 13.9. The van der Waals surface area contributed by atoms with E-state index in [0.29, 0.717) is 18.6 Å². The number of hydrogen-bond donors (Lipinski definition) is 1. The first-order chi connectivity index (χ1) is 18.6. The Morgan fingerprint density at radius 2 is 1.79 bits per heavy atom. The summed E-state index contributed by atoms with van der Waals surface area (Å²) in [5, 5.41) is 10.2. The SMILES string of the molecule is CCCCC[C@H](O)C=C[C@H]1CCC(=O)[C@@H]1CCCCCCC(=O)N1CCN(CC=Cc2ccccc2)CC1. The lowest BCUT2D eigenvalue weighted by Gasteiger charge is -2.34. The molecule has 2 aliphatic rings. The van der Waals surface area contributed by atoms with Crippen molar-refractivity contribution in [3.8, 4) is 0 Å². The van der Waals surface area contributed by atoms with E-state index >= 15 is 0 Å². The highest BCUT2D eigenvalue weighted by molar-refractivity contribution is 5.83. The van der Waals surface area contributed by atoms with Gasteiger partial charge in [0.2, 0.25) is 5.91 Å². The van der Waals surface area contributed by atoms with E-state index in [1.807, 2.05) is 17.0 Å². The third-order valence-corrected chi connectivity index (χ3v) is 8.19. The van der Waals surface area contributed by atoms with E-state index in [0.717, 1.165) is 96.9 Å². The minimum atomic E-state index is -0.380. The molecule has 38 heavy (non-hydrogen) atoms. The predicted octanol–water partition coefficient (Wildman–Crippen LogP) is 6.28. The van der Waals surface area contributed by atoms with E-state index < -0.39 is 0 Å². The molecule has 0 radical (unpaired) electrons. The molecule has 3 rings (SSSR count). The fourth-order valence-corrected chi connectivity index (χ4v) is 5.74. The van der Waals surface area contributed by atoms with E-state index in [-0.39, 0.29) is 23.8 Å². The molecule has 0 unspecified atom stereocenters. The Hall–Kier alpha value is -2.24. The van der Waals surface area contributed by atoms with Crippen LogP contribution < -0.4 is 0 Å². The Morgan fingerprint density at radius 1 is 1.03 bits per heavy atom. The number of amides is 1. The quantitative estimate of drug-likeness (QED) is 0.205. The normalized spacial score (nSPS) is 21.6. The first-order valence-corrected chi connectivity index (χ1v) is 15.2. The minimum absolute atomic E-state index is 0.120. The van der Waals surface area contributed by atoms with Crippen molar-refractivity contribution in [3.05, 3.63) is 54.1 Å². The molecule has 1 aromatic rings. The summed E-state index contributed by atoms with van der Waals surface area (Å²) in [4.78, 5) is 29.5. The molecule has 2 fully saturated rings. The van der Waals surface area contributed by atoms with Crippen LogP contribution in [0.15, 0.2) is 48.6 Å². The first-order valence-electron chi connectivity index (χ1n) is 15.2. The number of carbonyl (C=O) groups is 2. The fraction of sp³-hybridized carbons (Fsp3) is 0.636. The summed E-state index contributed by atoms with van der Waals surface area (Å²) in [7, 11) is 0. The molecule has 3 atom stereocenters. The molecule has 5 heteroatoms. The zero-order chi connectivity index (χ0) is 27.0. The molecule has 1 amide bonds. The average Bonchev–Trinajstić information content (AvgIpc) is 3.29. The van der Waals surface area contributed by atoms with Gasteiger partial charge in [0.05, 0.1) is 6.10 Å². The van der Waals surface area contributed by atoms with Crippen molar-refractivity contribution < 1.29 is 14.7 Å². The summed E-state index contributed by atoms with van der Waals surface area (Å²) in [5.41, 5.74) is 1.22. The van der Waals surface area contributed by atoms with Crippen LogP contribution in [0.1, 0.15) is 89.5 Å². The maximum atomic E-state index is 12.7. The predicted molar refractivity (Wildman–Crippen MR) is 157 cm³/mol. The third kappa shape index (κ3) is 10.9. The van der Waals surface area contributed by atoms with Crippen molar-refractivity contribution in [2.24, 2.45) is 11.8 Å². The van der Waals surface area contributed by atoms with Gasteiger partial charge in [-0.2, -0.15) is 0 Å². The van der Waals surface area contributed by atoms with Crippen molar-refractivity contribution in [2.45, 2.75) is 90.1 Å². The van der Waals surface area contributed by atoms with Gasteiger partial charge < -0.3 is 10.0 Å². The number of aliphatic hydroxyl groups excluding tert-OH is 1. The molecule has 1 aromatic carbocycles. The molecule has 1 aliphatic heterocycles. The maximum Gasteiger partial charge on any atom is 0.222 e. The largest absolute Gasteiger partial charge is 0.389 e. The summed E-state index contributed by atoms with van der Waals surface area (Å²) >= 11 is 0. The molecule has 1 aliphatic carbocycles. The number of aliphatic hydroxyl groups is 1. The highest BCUT2D eigenvalue weighted by Gasteiger charge is 2.32. The van der Waals surface area contributed by atoms with Gasteiger partial charge in [-0.3, -0.25) is 14.5 Å². The van der Waals surface area contributed by atoms with E-state index in [2.05, 4.69) is 54.3 Å². The second-order valence-electron chi connectivity index (χ2n) is 11.2. The van der Waals surface area contributed by atoms with Crippen LogP contribution in [-0.2, 0) is 9.59 Å². The van der Waals surface area contributed by atoms with Crippen molar-refractivity contribution in [1.29, 1.82) is 0 Å². The van der Waals surface area contributed by atoms with Crippen LogP contribution in [0, 0.1) is 11.8 Å². The second-order valence-corrected chi connectivity index (χ2v) is 11.2. The molecular weight excluding hydrogens is 472 g/mol. The van der Waals surface area contributed by atoms with Crippen LogP contribution >= 0.6 is 0 Å². The van der Waals surface area contributed by atoms with Crippen LogP contribution in [0.2, 0.25) is 0 Å². The van der Waals surface area contributed by atoms with Crippen molar-refractivity contribution in [3.63, 3.8) is 0 Å². The van der Waals surface area contributed by atoms with E-state index in [1.165, 1.54) is 5.56 Å². The molecule has 0 aromatic heterocycles. The molecule has 0 spiro atoms. The van der Waals surface area contributed by atoms with Gasteiger partial charge >= 0.3 is 0 Å². The van der Waals surface area contributed by atoms with Gasteiger partial charge in [-0.05, 0) is 37.2 Å². The summed E-state index contributed by atoms with van der Waals surface area (Å²) < 4.78 is 0. The van der Waals surface area contributed by atoms with Gasteiger partial charge in [-0.15, -0.1) is 0 Å². The topological polar surface area (TPSA) is 60.9 Å². The maximum absolute atomic E-state index is 12.7. The molecule has 5 nitrogen and oxygen atoms in total. The van der Waals surface area contributed by atoms with Gasteiger partial charge in [0.15, 0.2) is 0 Å². The fourth-order valence-electron chi connectivity index (χ4n) is 5.74. The monoisotopic (exact) mass is 522 g/mol. The minimum Gasteiger partial charge on any atom is -0.389 e. The Bertz CT molecular complexity index is 873. The van der Waals surface area contributed by atoms with Gasteiger partial charge in [0.25, 0.3) is 0 Å². The number of nitrogens with zero attached hydrogens (tertiary/aromatic N) is 2. The highest BCUT2D eigenvalue weighted by Crippen LogP contribution is 2.34. The molecule has 1 saturated heterocycles. The van der Waals surface area contributed by atoms with Crippen molar-refractivity contribution in [1.82, 2.24) is 9.80 Å². The van der Waals surface area contributed by atoms with Gasteiger partial charge in [0, 0.05) is 51.5 Å². The number of benzene rings is 1. The number of allylic oxidation sites excluding steroid dienone is 1. The van der Waals surface area contributed by atoms with E-state index in [1.54, 1.807) is 0 Å². The van der Waals surface area contributed by atoms with E-state index in [9.17, 15) is 14.7 Å². The molecule has 210 valence electrons. The van der Waals surface area contributed by atoms with E-state index in [4.69, 9.17) is 0 Å². The summed E-state index contributed by atoms with van der Waals surface area (Å²) in [6.07, 6.45) is 19.5. The second kappa shape index (κ2) is 17.4. The number of unbranched alkanes of at least 4 members (excludes halogenated alkanes) is 5. The third-order valence-electron chi connectivity index (χ3n) is 8.19. The van der Waals surface area contributed by atoms with Crippen molar-refractivity contribution >= 4 is 17.8 Å². The van der Waals surface area contributed by atoms with Crippen LogP contribution in [0.3, 0.4) is 0 Å². The molecule has 1 saturated carbocycles. The molecular formula is C33H50N2O3. The van der Waals surface area contributed by atoms with Gasteiger partial charge in [0.1, 0.15) is 5.78 Å². The lowest BCUT2D eigenvalue weighted by molar-refractivity contribution is -0.133. The Labute approximate surface area is 231 Å². The summed E-state index contributed by atoms with van der Waals surface area (Å²) in [6.45, 7) is 6.62. The van der Waals surface area contributed by atoms with Crippen LogP contribution in [0.5, 0.6) is 0 Å². The zero-order valence-corrected chi connectivity index (χ0v) is 23.6. The number of rotatable bonds is 16. The number of hydrogen-bond acceptors (Lipinski definition) is 4. The van der Waals surface area contributed by atoms with Gasteiger partial charge in [-0.1, -0.05) is 100 Å². The Balaban J connectivity index is 1.24. The standard InChI is InChI=1S/C33H50N2O3/c1-2-3-7-16-30(36)21-19-29-20-22-32(37)31(29)17-10-4-5-11-18-33(38)35-26-24-34(25-27-35)23-12-15-28-13-8-6-9-14-28/h6,8-9,12-15,19,21,29-31,36H,2-5,7,10-11,16-18,20,22-27H2,1H3/t29-,30-,31+/m0/s1. The number of ketones is 1. The number of Topliss-reactive ketones (excluding diaryl/α,β-unsaturated/α-hetero) is 1. The lowest BCUT2D eigenvalue weighted by Crippen LogP contribution is -2.48. The lowest BCUT2D eigenvalue weighted by atomic mass is 9.89. The van der Waals surface area contributed by atoms with Crippen LogP contribution in [0.25, 0.3) is 6.08 Å². The van der Waals surface area contributed by atoms with Gasteiger partial charge in [-0.25, -0.2) is 0 Å². The number of carbonyl (C=O) groups excluding carboxylic acids is 2. The highest BCUT2D eigenvalue weighted by atomic mass is 16.3. The number of piperazine rings is 1. The molecule has 1 heterocycles. The first kappa shape index (κ1) is 30.3. The molecule has 1 N–H and O–H groups in total. The zero-order valence-electron chi connectivity index (χ0n) is 23.6. The Morgan fingerprint density at radius 3 is 2.55 bits per heavy atom. The smallest absolute Gasteiger partial charge is 0.222 e. The van der Waals surface area contributed by atoms with Crippen LogP contribution in [-0.4, -0.2) is 65.4 Å².